The number of rotatable bonds is 8. The van der Waals surface area contributed by atoms with Crippen LogP contribution in [-0.4, -0.2) is 38.0 Å². The van der Waals surface area contributed by atoms with Crippen molar-refractivity contribution < 1.29 is 19.4 Å². The maximum atomic E-state index is 10.6. The lowest BCUT2D eigenvalue weighted by Gasteiger charge is -2.14. The van der Waals surface area contributed by atoms with Crippen LogP contribution in [0.1, 0.15) is 20.3 Å². The summed E-state index contributed by atoms with van der Waals surface area (Å²) >= 11 is 0. The first-order valence-electron chi connectivity index (χ1n) is 4.87. The van der Waals surface area contributed by atoms with Gasteiger partial charge in [-0.1, -0.05) is 13.8 Å². The molecule has 0 spiro atoms. The summed E-state index contributed by atoms with van der Waals surface area (Å²) in [6, 6.07) is 0. The molecule has 4 nitrogen and oxygen atoms in total. The van der Waals surface area contributed by atoms with Crippen LogP contribution in [0.5, 0.6) is 0 Å². The molecule has 0 aromatic carbocycles. The molecule has 0 amide bonds. The molecule has 0 saturated heterocycles. The predicted octanol–water partition coefficient (Wildman–Crippen LogP) is 1.40. The maximum Gasteiger partial charge on any atom is 0.306 e. The maximum absolute atomic E-state index is 10.6. The number of methoxy groups -OCH3 is 1. The number of carboxylic acids is 1. The van der Waals surface area contributed by atoms with Crippen molar-refractivity contribution in [2.24, 2.45) is 11.8 Å². The zero-order chi connectivity index (χ0) is 11.0. The number of hydrogen-bond acceptors (Lipinski definition) is 3. The Labute approximate surface area is 85.2 Å². The van der Waals surface area contributed by atoms with E-state index in [4.69, 9.17) is 14.6 Å². The van der Waals surface area contributed by atoms with Crippen molar-refractivity contribution in [3.05, 3.63) is 0 Å². The highest BCUT2D eigenvalue weighted by Crippen LogP contribution is 2.12. The molecule has 2 atom stereocenters. The van der Waals surface area contributed by atoms with Gasteiger partial charge < -0.3 is 14.6 Å². The van der Waals surface area contributed by atoms with Gasteiger partial charge in [0.25, 0.3) is 0 Å². The van der Waals surface area contributed by atoms with Gasteiger partial charge in [-0.3, -0.25) is 4.79 Å². The summed E-state index contributed by atoms with van der Waals surface area (Å²) in [7, 11) is 1.62. The van der Waals surface area contributed by atoms with E-state index in [0.717, 1.165) is 0 Å². The van der Waals surface area contributed by atoms with Crippen molar-refractivity contribution in [3.63, 3.8) is 0 Å². The Kier molecular flexibility index (Phi) is 7.42. The smallest absolute Gasteiger partial charge is 0.306 e. The lowest BCUT2D eigenvalue weighted by Crippen LogP contribution is -2.17. The predicted molar refractivity (Wildman–Crippen MR) is 53.3 cm³/mol. The number of carbonyl (C=O) groups is 1. The summed E-state index contributed by atoms with van der Waals surface area (Å²) in [5, 5.41) is 8.68. The number of aliphatic carboxylic acids is 1. The highest BCUT2D eigenvalue weighted by Gasteiger charge is 2.14. The second-order valence-electron chi connectivity index (χ2n) is 3.65. The quantitative estimate of drug-likeness (QED) is 0.607. The molecular formula is C10H20O4. The van der Waals surface area contributed by atoms with Crippen LogP contribution in [0.2, 0.25) is 0 Å². The van der Waals surface area contributed by atoms with Gasteiger partial charge in [0.05, 0.1) is 19.1 Å². The fourth-order valence-corrected chi connectivity index (χ4v) is 1.20. The van der Waals surface area contributed by atoms with Crippen molar-refractivity contribution >= 4 is 5.97 Å². The largest absolute Gasteiger partial charge is 0.481 e. The average Bonchev–Trinajstić information content (AvgIpc) is 2.12. The highest BCUT2D eigenvalue weighted by molar-refractivity contribution is 5.69. The molecule has 1 N–H and O–H groups in total. The summed E-state index contributed by atoms with van der Waals surface area (Å²) in [6.07, 6.45) is 0.655. The molecule has 4 heteroatoms. The van der Waals surface area contributed by atoms with E-state index in [0.29, 0.717) is 26.2 Å². The minimum absolute atomic E-state index is 0.276. The Morgan fingerprint density at radius 3 is 2.50 bits per heavy atom. The number of ether oxygens (including phenoxy) is 2. The molecule has 0 rings (SSSR count). The fraction of sp³-hybridized carbons (Fsp3) is 0.900. The highest BCUT2D eigenvalue weighted by atomic mass is 16.5. The van der Waals surface area contributed by atoms with Gasteiger partial charge in [0.15, 0.2) is 0 Å². The normalized spacial score (nSPS) is 15.1. The molecule has 0 heterocycles. The van der Waals surface area contributed by atoms with Gasteiger partial charge in [0.2, 0.25) is 0 Å². The van der Waals surface area contributed by atoms with Gasteiger partial charge in [0, 0.05) is 13.7 Å². The Bertz CT molecular complexity index is 158. The second kappa shape index (κ2) is 7.76. The standard InChI is InChI=1S/C10H20O4/c1-8(6-9(2)10(11)12)7-14-5-4-13-3/h8-9H,4-7H2,1-3H3,(H,11,12)/t8-,9-/m1/s1. The minimum atomic E-state index is -0.742. The van der Waals surface area contributed by atoms with E-state index in [9.17, 15) is 4.79 Å². The van der Waals surface area contributed by atoms with Gasteiger partial charge in [-0.15, -0.1) is 0 Å². The first kappa shape index (κ1) is 13.4. The summed E-state index contributed by atoms with van der Waals surface area (Å²) in [6.45, 7) is 5.46. The molecule has 0 aliphatic heterocycles. The summed E-state index contributed by atoms with van der Waals surface area (Å²) < 4.78 is 10.1. The van der Waals surface area contributed by atoms with Crippen LogP contribution in [0, 0.1) is 11.8 Å². The zero-order valence-electron chi connectivity index (χ0n) is 9.16. The molecule has 0 aliphatic carbocycles. The first-order valence-corrected chi connectivity index (χ1v) is 4.87. The minimum Gasteiger partial charge on any atom is -0.481 e. The van der Waals surface area contributed by atoms with Crippen LogP contribution < -0.4 is 0 Å². The van der Waals surface area contributed by atoms with Gasteiger partial charge >= 0.3 is 5.97 Å². The Morgan fingerprint density at radius 2 is 2.00 bits per heavy atom. The molecule has 0 fully saturated rings. The van der Waals surface area contributed by atoms with E-state index in [1.54, 1.807) is 14.0 Å². The average molecular weight is 204 g/mol. The van der Waals surface area contributed by atoms with Gasteiger partial charge in [0.1, 0.15) is 0 Å². The third-order valence-corrected chi connectivity index (χ3v) is 2.01. The lowest BCUT2D eigenvalue weighted by atomic mass is 9.98. The summed E-state index contributed by atoms with van der Waals surface area (Å²) in [5.41, 5.74) is 0. The van der Waals surface area contributed by atoms with E-state index in [2.05, 4.69) is 0 Å². The van der Waals surface area contributed by atoms with Crippen LogP contribution in [0.4, 0.5) is 0 Å². The van der Waals surface area contributed by atoms with Crippen molar-refractivity contribution in [1.82, 2.24) is 0 Å². The monoisotopic (exact) mass is 204 g/mol. The van der Waals surface area contributed by atoms with Crippen LogP contribution in [0.3, 0.4) is 0 Å². The summed E-state index contributed by atoms with van der Waals surface area (Å²) in [4.78, 5) is 10.6. The summed E-state index contributed by atoms with van der Waals surface area (Å²) in [5.74, 6) is -0.761. The lowest BCUT2D eigenvalue weighted by molar-refractivity contribution is -0.141. The molecule has 0 saturated carbocycles. The van der Waals surface area contributed by atoms with Crippen molar-refractivity contribution in [2.45, 2.75) is 20.3 Å². The molecule has 84 valence electrons. The van der Waals surface area contributed by atoms with E-state index in [1.807, 2.05) is 6.92 Å². The van der Waals surface area contributed by atoms with E-state index in [-0.39, 0.29) is 11.8 Å². The molecule has 0 aliphatic rings. The van der Waals surface area contributed by atoms with Crippen LogP contribution in [0.25, 0.3) is 0 Å². The molecule has 14 heavy (non-hydrogen) atoms. The number of hydrogen-bond donors (Lipinski definition) is 1. The van der Waals surface area contributed by atoms with Gasteiger partial charge in [-0.25, -0.2) is 0 Å². The Balaban J connectivity index is 3.45. The van der Waals surface area contributed by atoms with Crippen LogP contribution in [0.15, 0.2) is 0 Å². The first-order chi connectivity index (χ1) is 6.57. The van der Waals surface area contributed by atoms with Crippen molar-refractivity contribution in [1.29, 1.82) is 0 Å². The molecule has 0 unspecified atom stereocenters. The van der Waals surface area contributed by atoms with E-state index in [1.165, 1.54) is 0 Å². The van der Waals surface area contributed by atoms with Crippen molar-refractivity contribution in [2.75, 3.05) is 26.9 Å². The van der Waals surface area contributed by atoms with Gasteiger partial charge in [-0.2, -0.15) is 0 Å². The van der Waals surface area contributed by atoms with E-state index < -0.39 is 5.97 Å². The van der Waals surface area contributed by atoms with E-state index >= 15 is 0 Å². The van der Waals surface area contributed by atoms with Gasteiger partial charge in [-0.05, 0) is 12.3 Å². The third-order valence-electron chi connectivity index (χ3n) is 2.01. The topological polar surface area (TPSA) is 55.8 Å². The van der Waals surface area contributed by atoms with Crippen molar-refractivity contribution in [3.8, 4) is 0 Å². The molecule has 0 bridgehead atoms. The molecule has 0 radical (unpaired) electrons. The number of carboxylic acid groups (broad SMARTS) is 1. The molecule has 0 aromatic rings. The van der Waals surface area contributed by atoms with Crippen LogP contribution in [-0.2, 0) is 14.3 Å². The second-order valence-corrected chi connectivity index (χ2v) is 3.65. The van der Waals surface area contributed by atoms with Crippen LogP contribution >= 0.6 is 0 Å². The third kappa shape index (κ3) is 6.86. The molecular weight excluding hydrogens is 184 g/mol. The molecule has 0 aromatic heterocycles. The Hall–Kier alpha value is -0.610. The Morgan fingerprint density at radius 1 is 1.36 bits per heavy atom. The SMILES string of the molecule is COCCOC[C@H](C)C[C@@H](C)C(=O)O. The zero-order valence-corrected chi connectivity index (χ0v) is 9.16. The fourth-order valence-electron chi connectivity index (χ4n) is 1.20.